The summed E-state index contributed by atoms with van der Waals surface area (Å²) < 4.78 is 49.3. The van der Waals surface area contributed by atoms with Crippen molar-refractivity contribution < 1.29 is 27.4 Å². The molecule has 1 fully saturated rings. The molecule has 0 bridgehead atoms. The molecule has 176 valence electrons. The van der Waals surface area contributed by atoms with Gasteiger partial charge in [0.25, 0.3) is 5.91 Å². The molecule has 2 heterocycles. The minimum Gasteiger partial charge on any atom is -0.475 e. The summed E-state index contributed by atoms with van der Waals surface area (Å²) in [6.07, 6.45) is -2.30. The molecule has 0 saturated carbocycles. The molecular formula is C26H23F3N2O3. The molecule has 1 aromatic heterocycles. The normalized spacial score (nSPS) is 16.9. The average Bonchev–Trinajstić information content (AvgIpc) is 2.87. The van der Waals surface area contributed by atoms with Crippen LogP contribution in [-0.4, -0.2) is 48.2 Å². The lowest BCUT2D eigenvalue weighted by atomic mass is 10.0. The lowest BCUT2D eigenvalue weighted by molar-refractivity contribution is -0.137. The van der Waals surface area contributed by atoms with Crippen LogP contribution in [0.4, 0.5) is 13.2 Å². The first-order chi connectivity index (χ1) is 16.4. The van der Waals surface area contributed by atoms with Gasteiger partial charge in [0.15, 0.2) is 0 Å². The first-order valence-corrected chi connectivity index (χ1v) is 10.8. The summed E-state index contributed by atoms with van der Waals surface area (Å²) >= 11 is 0. The zero-order valence-corrected chi connectivity index (χ0v) is 18.2. The van der Waals surface area contributed by atoms with E-state index in [1.54, 1.807) is 4.90 Å². The van der Waals surface area contributed by atoms with E-state index in [0.29, 0.717) is 25.3 Å². The summed E-state index contributed by atoms with van der Waals surface area (Å²) in [5, 5.41) is 0. The standard InChI is InChI=1S/C26H23F3N2O3/c27-26(28,29)21-11-12-24(30-16-21)34-18-22-17-31(13-14-33-22)25(32)23(20-9-5-2-6-10-20)15-19-7-3-1-4-8-19/h1-12,15-16,22H,13-14,17-18H2. The Morgan fingerprint density at radius 1 is 1.06 bits per heavy atom. The van der Waals surface area contributed by atoms with E-state index < -0.39 is 17.8 Å². The topological polar surface area (TPSA) is 51.7 Å². The zero-order chi connectivity index (χ0) is 24.0. The van der Waals surface area contributed by atoms with Crippen LogP contribution in [0.25, 0.3) is 11.6 Å². The minimum absolute atomic E-state index is 0.0607. The van der Waals surface area contributed by atoms with Gasteiger partial charge in [-0.3, -0.25) is 4.79 Å². The first-order valence-electron chi connectivity index (χ1n) is 10.8. The number of nitrogens with zero attached hydrogens (tertiary/aromatic N) is 2. The fourth-order valence-electron chi connectivity index (χ4n) is 3.59. The molecule has 4 rings (SSSR count). The summed E-state index contributed by atoms with van der Waals surface area (Å²) in [6, 6.07) is 21.1. The van der Waals surface area contributed by atoms with Gasteiger partial charge in [0.1, 0.15) is 12.7 Å². The summed E-state index contributed by atoms with van der Waals surface area (Å²) in [4.78, 5) is 18.9. The molecule has 0 spiro atoms. The van der Waals surface area contributed by atoms with Crippen molar-refractivity contribution in [3.8, 4) is 5.88 Å². The molecule has 0 N–H and O–H groups in total. The Bertz CT molecular complexity index is 1120. The molecule has 8 heteroatoms. The van der Waals surface area contributed by atoms with Crippen LogP contribution in [0, 0.1) is 0 Å². The van der Waals surface area contributed by atoms with E-state index in [-0.39, 0.29) is 18.4 Å². The number of carbonyl (C=O) groups excluding carboxylic acids is 1. The van der Waals surface area contributed by atoms with Crippen LogP contribution < -0.4 is 4.74 Å². The van der Waals surface area contributed by atoms with Gasteiger partial charge >= 0.3 is 6.18 Å². The third kappa shape index (κ3) is 6.02. The van der Waals surface area contributed by atoms with Gasteiger partial charge in [-0.05, 0) is 23.3 Å². The highest BCUT2D eigenvalue weighted by molar-refractivity contribution is 6.24. The molecule has 34 heavy (non-hydrogen) atoms. The second-order valence-corrected chi connectivity index (χ2v) is 7.77. The van der Waals surface area contributed by atoms with E-state index in [2.05, 4.69) is 4.98 Å². The summed E-state index contributed by atoms with van der Waals surface area (Å²) in [5.41, 5.74) is 1.45. The van der Waals surface area contributed by atoms with Gasteiger partial charge in [0, 0.05) is 24.4 Å². The number of hydrogen-bond donors (Lipinski definition) is 0. The number of hydrogen-bond acceptors (Lipinski definition) is 4. The van der Waals surface area contributed by atoms with Crippen molar-refractivity contribution >= 4 is 17.6 Å². The highest BCUT2D eigenvalue weighted by Gasteiger charge is 2.31. The van der Waals surface area contributed by atoms with Crippen molar-refractivity contribution in [2.75, 3.05) is 26.3 Å². The summed E-state index contributed by atoms with van der Waals surface area (Å²) in [6.45, 7) is 1.10. The number of halogens is 3. The lowest BCUT2D eigenvalue weighted by Gasteiger charge is -2.33. The minimum atomic E-state index is -4.46. The molecule has 0 aliphatic carbocycles. The zero-order valence-electron chi connectivity index (χ0n) is 18.2. The van der Waals surface area contributed by atoms with E-state index in [1.807, 2.05) is 66.7 Å². The number of rotatable bonds is 6. The SMILES string of the molecule is O=C(C(=Cc1ccccc1)c1ccccc1)N1CCOC(COc2ccc(C(F)(F)F)cn2)C1. The van der Waals surface area contributed by atoms with Crippen molar-refractivity contribution in [3.05, 3.63) is 95.7 Å². The summed E-state index contributed by atoms with van der Waals surface area (Å²) in [7, 11) is 0. The van der Waals surface area contributed by atoms with Gasteiger partial charge < -0.3 is 14.4 Å². The molecule has 1 unspecified atom stereocenters. The third-order valence-corrected chi connectivity index (χ3v) is 5.33. The number of ether oxygens (including phenoxy) is 2. The van der Waals surface area contributed by atoms with Gasteiger partial charge in [-0.1, -0.05) is 60.7 Å². The number of alkyl halides is 3. The van der Waals surface area contributed by atoms with Crippen LogP contribution in [0.5, 0.6) is 5.88 Å². The maximum Gasteiger partial charge on any atom is 0.417 e. The molecule has 1 aliphatic rings. The summed E-state index contributed by atoms with van der Waals surface area (Å²) in [5.74, 6) is -0.0648. The fourth-order valence-corrected chi connectivity index (χ4v) is 3.59. The van der Waals surface area contributed by atoms with Gasteiger partial charge in [0.05, 0.1) is 18.7 Å². The predicted octanol–water partition coefficient (Wildman–Crippen LogP) is 4.95. The van der Waals surface area contributed by atoms with Crippen LogP contribution in [0.2, 0.25) is 0 Å². The largest absolute Gasteiger partial charge is 0.475 e. The molecule has 1 saturated heterocycles. The highest BCUT2D eigenvalue weighted by Crippen LogP contribution is 2.29. The predicted molar refractivity (Wildman–Crippen MR) is 122 cm³/mol. The molecule has 0 radical (unpaired) electrons. The number of aromatic nitrogens is 1. The van der Waals surface area contributed by atoms with Crippen LogP contribution >= 0.6 is 0 Å². The number of carbonyl (C=O) groups is 1. The van der Waals surface area contributed by atoms with Gasteiger partial charge in [-0.2, -0.15) is 13.2 Å². The van der Waals surface area contributed by atoms with Gasteiger partial charge in [-0.15, -0.1) is 0 Å². The maximum atomic E-state index is 13.5. The Balaban J connectivity index is 1.44. The fraction of sp³-hybridized carbons (Fsp3) is 0.231. The van der Waals surface area contributed by atoms with E-state index in [0.717, 1.165) is 23.4 Å². The molecule has 1 aliphatic heterocycles. The maximum absolute atomic E-state index is 13.5. The van der Waals surface area contributed by atoms with Crippen molar-refractivity contribution in [2.45, 2.75) is 12.3 Å². The highest BCUT2D eigenvalue weighted by atomic mass is 19.4. The van der Waals surface area contributed by atoms with E-state index >= 15 is 0 Å². The molecule has 1 amide bonds. The van der Waals surface area contributed by atoms with E-state index in [4.69, 9.17) is 9.47 Å². The Morgan fingerprint density at radius 3 is 2.41 bits per heavy atom. The smallest absolute Gasteiger partial charge is 0.417 e. The Hall–Kier alpha value is -3.65. The van der Waals surface area contributed by atoms with Crippen molar-refractivity contribution in [1.29, 1.82) is 0 Å². The monoisotopic (exact) mass is 468 g/mol. The van der Waals surface area contributed by atoms with Crippen molar-refractivity contribution in [3.63, 3.8) is 0 Å². The van der Waals surface area contributed by atoms with Crippen LogP contribution in [0.15, 0.2) is 79.0 Å². The lowest BCUT2D eigenvalue weighted by Crippen LogP contribution is -2.47. The molecule has 1 atom stereocenters. The second-order valence-electron chi connectivity index (χ2n) is 7.77. The Morgan fingerprint density at radius 2 is 1.76 bits per heavy atom. The Labute approximate surface area is 195 Å². The molecule has 3 aromatic rings. The van der Waals surface area contributed by atoms with Gasteiger partial charge in [-0.25, -0.2) is 4.98 Å². The number of benzene rings is 2. The number of pyridine rings is 1. The van der Waals surface area contributed by atoms with Gasteiger partial charge in [0.2, 0.25) is 5.88 Å². The van der Waals surface area contributed by atoms with E-state index in [9.17, 15) is 18.0 Å². The quantitative estimate of drug-likeness (QED) is 0.380. The van der Waals surface area contributed by atoms with E-state index in [1.165, 1.54) is 6.07 Å². The molecule has 2 aromatic carbocycles. The van der Waals surface area contributed by atoms with Crippen LogP contribution in [0.3, 0.4) is 0 Å². The van der Waals surface area contributed by atoms with Crippen molar-refractivity contribution in [2.24, 2.45) is 0 Å². The van der Waals surface area contributed by atoms with Crippen LogP contribution in [-0.2, 0) is 15.7 Å². The van der Waals surface area contributed by atoms with Crippen LogP contribution in [0.1, 0.15) is 16.7 Å². The Kier molecular flexibility index (Phi) is 7.27. The average molecular weight is 468 g/mol. The number of amides is 1. The number of morpholine rings is 1. The second kappa shape index (κ2) is 10.5. The van der Waals surface area contributed by atoms with Crippen molar-refractivity contribution in [1.82, 2.24) is 9.88 Å². The molecular weight excluding hydrogens is 445 g/mol. The first kappa shape index (κ1) is 23.5. The third-order valence-electron chi connectivity index (χ3n) is 5.33. The molecule has 5 nitrogen and oxygen atoms in total.